The summed E-state index contributed by atoms with van der Waals surface area (Å²) in [7, 11) is 4.35. The van der Waals surface area contributed by atoms with Gasteiger partial charge < -0.3 is 15.3 Å². The van der Waals surface area contributed by atoms with E-state index in [4.69, 9.17) is 0 Å². The molecule has 3 N–H and O–H groups in total. The molecule has 0 aliphatic carbocycles. The molecule has 0 saturated carbocycles. The van der Waals surface area contributed by atoms with Crippen molar-refractivity contribution in [2.24, 2.45) is 11.3 Å². The van der Waals surface area contributed by atoms with Crippen molar-refractivity contribution >= 4 is 11.9 Å². The number of aromatic hydroxyl groups is 1. The van der Waals surface area contributed by atoms with Crippen molar-refractivity contribution in [1.82, 2.24) is 9.80 Å². The third-order valence-corrected chi connectivity index (χ3v) is 12.0. The van der Waals surface area contributed by atoms with Crippen molar-refractivity contribution in [2.75, 3.05) is 14.1 Å². The van der Waals surface area contributed by atoms with E-state index < -0.39 is 28.2 Å². The molecule has 276 valence electrons. The Labute approximate surface area is 297 Å². The molecule has 0 saturated heterocycles. The Balaban J connectivity index is 2.11. The standard InChI is InChI=1S/C42H68N2O5/c1-36(2,3)31-20-27(21-32(33(31)45)37(4,5)6)22-42(34(46)47,35(48)49)19-17-18-30(28-23-38(7,8)43(15)39(9,10)24-28)29-25-40(11,12)44(16)41(13,14)26-29/h20-21,23,25,30,45H,17-19,22,24,26H2,1-16H3,(H,46,47)(H,48,49). The predicted octanol–water partition coefficient (Wildman–Crippen LogP) is 9.11. The number of hydrogen-bond acceptors (Lipinski definition) is 5. The number of hydrogen-bond donors (Lipinski definition) is 3. The number of nitrogens with zero attached hydrogens (tertiary/aromatic N) is 2. The van der Waals surface area contributed by atoms with Crippen LogP contribution in [0, 0.1) is 11.3 Å². The first-order valence-electron chi connectivity index (χ1n) is 18.1. The van der Waals surface area contributed by atoms with Crippen molar-refractivity contribution in [3.63, 3.8) is 0 Å². The van der Waals surface area contributed by atoms with E-state index in [-0.39, 0.29) is 46.7 Å². The van der Waals surface area contributed by atoms with Gasteiger partial charge in [-0.25, -0.2) is 0 Å². The number of phenols is 1. The average Bonchev–Trinajstić information content (AvgIpc) is 2.90. The summed E-state index contributed by atoms with van der Waals surface area (Å²) < 4.78 is 0. The molecule has 0 radical (unpaired) electrons. The van der Waals surface area contributed by atoms with E-state index in [1.165, 1.54) is 11.1 Å². The third-order valence-electron chi connectivity index (χ3n) is 12.0. The van der Waals surface area contributed by atoms with Gasteiger partial charge in [-0.15, -0.1) is 0 Å². The van der Waals surface area contributed by atoms with Crippen molar-refractivity contribution in [3.8, 4) is 5.75 Å². The molecule has 0 spiro atoms. The summed E-state index contributed by atoms with van der Waals surface area (Å²) in [5.74, 6) is -2.37. The Hall–Kier alpha value is -2.64. The van der Waals surface area contributed by atoms with E-state index in [2.05, 4.69) is 91.4 Å². The predicted molar refractivity (Wildman–Crippen MR) is 201 cm³/mol. The Bertz CT molecular complexity index is 1400. The summed E-state index contributed by atoms with van der Waals surface area (Å²) in [5, 5.41) is 32.7. The zero-order chi connectivity index (χ0) is 37.9. The van der Waals surface area contributed by atoms with Gasteiger partial charge in [0.2, 0.25) is 0 Å². The highest BCUT2D eigenvalue weighted by Gasteiger charge is 2.48. The van der Waals surface area contributed by atoms with Crippen LogP contribution in [0.2, 0.25) is 0 Å². The maximum absolute atomic E-state index is 13.1. The number of rotatable bonds is 10. The lowest BCUT2D eigenvalue weighted by molar-refractivity contribution is -0.165. The lowest BCUT2D eigenvalue weighted by Crippen LogP contribution is -2.57. The highest BCUT2D eigenvalue weighted by Crippen LogP contribution is 2.48. The fourth-order valence-corrected chi connectivity index (χ4v) is 8.50. The molecule has 7 heteroatoms. The van der Waals surface area contributed by atoms with Crippen LogP contribution in [0.3, 0.4) is 0 Å². The number of aliphatic carboxylic acids is 2. The van der Waals surface area contributed by atoms with Crippen molar-refractivity contribution in [1.29, 1.82) is 0 Å². The van der Waals surface area contributed by atoms with Gasteiger partial charge in [0.25, 0.3) is 0 Å². The highest BCUT2D eigenvalue weighted by molar-refractivity contribution is 5.98. The molecule has 1 aromatic carbocycles. The average molecular weight is 681 g/mol. The Kier molecular flexibility index (Phi) is 11.0. The Morgan fingerprint density at radius 3 is 1.41 bits per heavy atom. The maximum atomic E-state index is 13.1. The molecule has 3 rings (SSSR count). The van der Waals surface area contributed by atoms with Gasteiger partial charge in [-0.1, -0.05) is 83.4 Å². The van der Waals surface area contributed by atoms with E-state index in [1.54, 1.807) is 0 Å². The minimum Gasteiger partial charge on any atom is -0.507 e. The van der Waals surface area contributed by atoms with Crippen molar-refractivity contribution in [3.05, 3.63) is 52.1 Å². The quantitative estimate of drug-likeness (QED) is 0.167. The molecule has 2 aliphatic heterocycles. The normalized spacial score (nSPS) is 21.3. The molecule has 2 heterocycles. The first-order chi connectivity index (χ1) is 21.9. The lowest BCUT2D eigenvalue weighted by Gasteiger charge is -2.53. The van der Waals surface area contributed by atoms with E-state index in [1.807, 2.05) is 53.7 Å². The van der Waals surface area contributed by atoms with Crippen LogP contribution in [-0.2, 0) is 26.8 Å². The summed E-state index contributed by atoms with van der Waals surface area (Å²) in [6, 6.07) is 3.63. The van der Waals surface area contributed by atoms with Crippen LogP contribution in [0.1, 0.15) is 146 Å². The number of carboxylic acids is 2. The second-order valence-electron chi connectivity index (χ2n) is 19.7. The topological polar surface area (TPSA) is 101 Å². The molecule has 0 amide bonds. The minimum absolute atomic E-state index is 0.00465. The van der Waals surface area contributed by atoms with Gasteiger partial charge in [0, 0.05) is 28.1 Å². The molecule has 1 aromatic rings. The number of likely N-dealkylation sites (N-methyl/N-ethyl adjacent to an activating group) is 2. The van der Waals surface area contributed by atoms with Crippen LogP contribution in [0.4, 0.5) is 0 Å². The number of benzene rings is 1. The van der Waals surface area contributed by atoms with Crippen LogP contribution in [-0.4, -0.2) is 73.3 Å². The Morgan fingerprint density at radius 2 is 1.10 bits per heavy atom. The Morgan fingerprint density at radius 1 is 0.735 bits per heavy atom. The van der Waals surface area contributed by atoms with Crippen LogP contribution >= 0.6 is 0 Å². The van der Waals surface area contributed by atoms with Crippen molar-refractivity contribution < 1.29 is 24.9 Å². The zero-order valence-corrected chi connectivity index (χ0v) is 33.7. The van der Waals surface area contributed by atoms with E-state index in [0.29, 0.717) is 29.5 Å². The first kappa shape index (κ1) is 40.8. The number of carboxylic acid groups (broad SMARTS) is 2. The first-order valence-corrected chi connectivity index (χ1v) is 18.1. The molecular formula is C42H68N2O5. The second kappa shape index (κ2) is 13.2. The largest absolute Gasteiger partial charge is 0.507 e. The minimum atomic E-state index is -2.01. The van der Waals surface area contributed by atoms with Gasteiger partial charge >= 0.3 is 11.9 Å². The summed E-state index contributed by atoms with van der Waals surface area (Å²) in [6.07, 6.45) is 7.54. The van der Waals surface area contributed by atoms with Gasteiger partial charge in [0.1, 0.15) is 5.75 Å². The third kappa shape index (κ3) is 8.30. The number of phenolic OH excluding ortho intramolecular Hbond substituents is 1. The van der Waals surface area contributed by atoms with E-state index >= 15 is 0 Å². The summed E-state index contributed by atoms with van der Waals surface area (Å²) in [4.78, 5) is 31.1. The molecular weight excluding hydrogens is 612 g/mol. The summed E-state index contributed by atoms with van der Waals surface area (Å²) in [5.41, 5.74) is 1.36. The molecule has 0 aromatic heterocycles. The molecule has 0 unspecified atom stereocenters. The van der Waals surface area contributed by atoms with Gasteiger partial charge in [0.15, 0.2) is 5.41 Å². The fraction of sp³-hybridized carbons (Fsp3) is 0.714. The SMILES string of the molecule is CN1C(C)(C)C=C(C(CCCC(Cc2cc(C(C)(C)C)c(O)c(C(C)(C)C)c2)(C(=O)O)C(=O)O)C2=CC(C)(C)N(C)C(C)(C)C2)CC1(C)C. The summed E-state index contributed by atoms with van der Waals surface area (Å²) >= 11 is 0. The van der Waals surface area contributed by atoms with Crippen LogP contribution in [0.15, 0.2) is 35.4 Å². The molecule has 2 aliphatic rings. The van der Waals surface area contributed by atoms with Gasteiger partial charge in [-0.3, -0.25) is 19.4 Å². The monoisotopic (exact) mass is 681 g/mol. The van der Waals surface area contributed by atoms with Crippen LogP contribution in [0.5, 0.6) is 5.75 Å². The molecule has 0 atom stereocenters. The smallest absolute Gasteiger partial charge is 0.321 e. The zero-order valence-electron chi connectivity index (χ0n) is 33.7. The lowest BCUT2D eigenvalue weighted by atomic mass is 9.68. The van der Waals surface area contributed by atoms with E-state index in [9.17, 15) is 24.9 Å². The summed E-state index contributed by atoms with van der Waals surface area (Å²) in [6.45, 7) is 30.1. The van der Waals surface area contributed by atoms with Crippen molar-refractivity contribution in [2.45, 2.75) is 168 Å². The molecule has 0 fully saturated rings. The van der Waals surface area contributed by atoms with Gasteiger partial charge in [-0.05, 0) is 129 Å². The second-order valence-corrected chi connectivity index (χ2v) is 19.7. The van der Waals surface area contributed by atoms with Gasteiger partial charge in [-0.2, -0.15) is 0 Å². The van der Waals surface area contributed by atoms with Gasteiger partial charge in [0.05, 0.1) is 0 Å². The molecule has 0 bridgehead atoms. The van der Waals surface area contributed by atoms with E-state index in [0.717, 1.165) is 12.8 Å². The maximum Gasteiger partial charge on any atom is 0.321 e. The highest BCUT2D eigenvalue weighted by atomic mass is 16.4. The van der Waals surface area contributed by atoms with Crippen LogP contribution < -0.4 is 0 Å². The fourth-order valence-electron chi connectivity index (χ4n) is 8.50. The molecule has 49 heavy (non-hydrogen) atoms. The van der Waals surface area contributed by atoms with Crippen LogP contribution in [0.25, 0.3) is 0 Å². The number of carbonyl (C=O) groups is 2. The molecule has 7 nitrogen and oxygen atoms in total.